The highest BCUT2D eigenvalue weighted by Gasteiger charge is 2.46. The molecule has 4 rings (SSSR count). The lowest BCUT2D eigenvalue weighted by molar-refractivity contribution is -0.132. The Hall–Kier alpha value is -3.54. The molecule has 3 aromatic carbocycles. The molecule has 1 N–H and O–H groups in total. The van der Waals surface area contributed by atoms with Crippen LogP contribution in [0.15, 0.2) is 72.8 Å². The first-order chi connectivity index (χ1) is 14.9. The minimum absolute atomic E-state index is 0.0862. The highest BCUT2D eigenvalue weighted by atomic mass is 19.1. The number of nitrogens with one attached hydrogen (secondary N) is 1. The number of carbonyl (C=O) groups is 2. The van der Waals surface area contributed by atoms with Crippen molar-refractivity contribution in [3.8, 4) is 0 Å². The summed E-state index contributed by atoms with van der Waals surface area (Å²) in [6.07, 6.45) is 0.299. The van der Waals surface area contributed by atoms with Crippen LogP contribution in [0.2, 0.25) is 0 Å². The van der Waals surface area contributed by atoms with Crippen LogP contribution in [0.4, 0.5) is 8.78 Å². The molecule has 0 fully saturated rings. The van der Waals surface area contributed by atoms with E-state index < -0.39 is 17.2 Å². The van der Waals surface area contributed by atoms with Crippen LogP contribution in [0.25, 0.3) is 0 Å². The van der Waals surface area contributed by atoms with Crippen LogP contribution in [0, 0.1) is 11.6 Å². The van der Waals surface area contributed by atoms with Crippen LogP contribution in [-0.2, 0) is 24.3 Å². The molecule has 0 bridgehead atoms. The van der Waals surface area contributed by atoms with Crippen molar-refractivity contribution in [2.45, 2.75) is 32.0 Å². The van der Waals surface area contributed by atoms with Crippen LogP contribution in [0.3, 0.4) is 0 Å². The summed E-state index contributed by atoms with van der Waals surface area (Å²) in [7, 11) is 0. The number of nitrogens with zero attached hydrogens (tertiary/aromatic N) is 1. The second kappa shape index (κ2) is 8.30. The topological polar surface area (TPSA) is 49.4 Å². The third kappa shape index (κ3) is 4.19. The van der Waals surface area contributed by atoms with E-state index in [0.717, 1.165) is 17.2 Å². The zero-order valence-corrected chi connectivity index (χ0v) is 17.1. The number of benzene rings is 3. The minimum Gasteiger partial charge on any atom is -0.350 e. The first kappa shape index (κ1) is 20.7. The van der Waals surface area contributed by atoms with Gasteiger partial charge in [-0.25, -0.2) is 8.78 Å². The van der Waals surface area contributed by atoms with Crippen LogP contribution in [0.5, 0.6) is 0 Å². The number of halogens is 2. The zero-order valence-electron chi connectivity index (χ0n) is 17.1. The van der Waals surface area contributed by atoms with E-state index in [2.05, 4.69) is 5.32 Å². The van der Waals surface area contributed by atoms with Gasteiger partial charge in [-0.1, -0.05) is 48.5 Å². The Morgan fingerprint density at radius 3 is 2.32 bits per heavy atom. The molecule has 1 aliphatic heterocycles. The number of rotatable bonds is 5. The lowest BCUT2D eigenvalue weighted by Gasteiger charge is -2.44. The van der Waals surface area contributed by atoms with Crippen molar-refractivity contribution in [1.82, 2.24) is 10.2 Å². The largest absolute Gasteiger partial charge is 0.350 e. The van der Waals surface area contributed by atoms with Gasteiger partial charge in [-0.05, 0) is 41.8 Å². The Morgan fingerprint density at radius 2 is 1.61 bits per heavy atom. The van der Waals surface area contributed by atoms with Crippen molar-refractivity contribution >= 4 is 11.8 Å². The maximum Gasteiger partial charge on any atom is 0.255 e. The van der Waals surface area contributed by atoms with Crippen molar-refractivity contribution in [2.24, 2.45) is 0 Å². The maximum atomic E-state index is 13.8. The predicted molar refractivity (Wildman–Crippen MR) is 113 cm³/mol. The Morgan fingerprint density at radius 1 is 0.968 bits per heavy atom. The number of amides is 2. The van der Waals surface area contributed by atoms with Gasteiger partial charge in [0.2, 0.25) is 5.91 Å². The fourth-order valence-corrected chi connectivity index (χ4v) is 4.02. The molecule has 0 saturated carbocycles. The van der Waals surface area contributed by atoms with E-state index in [9.17, 15) is 18.4 Å². The molecule has 6 heteroatoms. The van der Waals surface area contributed by atoms with Gasteiger partial charge < -0.3 is 10.2 Å². The van der Waals surface area contributed by atoms with Crippen molar-refractivity contribution in [3.05, 3.63) is 107 Å². The van der Waals surface area contributed by atoms with Crippen molar-refractivity contribution in [3.63, 3.8) is 0 Å². The summed E-state index contributed by atoms with van der Waals surface area (Å²) < 4.78 is 27.5. The standard InChI is InChI=1S/C25H22F2N2O2/c1-25(24(31)28-15-17-7-3-2-4-8-17)14-19-9-5-6-10-22(19)23(30)29(25)16-18-11-20(26)13-21(27)12-18/h2-13H,14-16H2,1H3,(H,28,31)/t25-/m0/s1. The Balaban J connectivity index is 1.67. The lowest BCUT2D eigenvalue weighted by atomic mass is 9.82. The molecular weight excluding hydrogens is 398 g/mol. The fourth-order valence-electron chi connectivity index (χ4n) is 4.02. The second-order valence-electron chi connectivity index (χ2n) is 7.95. The van der Waals surface area contributed by atoms with Crippen LogP contribution >= 0.6 is 0 Å². The summed E-state index contributed by atoms with van der Waals surface area (Å²) in [6, 6.07) is 19.7. The summed E-state index contributed by atoms with van der Waals surface area (Å²) in [4.78, 5) is 28.1. The normalized spacial score (nSPS) is 17.9. The molecule has 158 valence electrons. The molecule has 3 aromatic rings. The molecule has 2 amide bonds. The maximum absolute atomic E-state index is 13.8. The highest BCUT2D eigenvalue weighted by molar-refractivity contribution is 6.02. The summed E-state index contributed by atoms with van der Waals surface area (Å²) >= 11 is 0. The smallest absolute Gasteiger partial charge is 0.255 e. The summed E-state index contributed by atoms with van der Waals surface area (Å²) in [6.45, 7) is 1.92. The molecule has 31 heavy (non-hydrogen) atoms. The van der Waals surface area contributed by atoms with Gasteiger partial charge in [0, 0.05) is 31.1 Å². The average Bonchev–Trinajstić information content (AvgIpc) is 2.75. The fraction of sp³-hybridized carbons (Fsp3) is 0.200. The summed E-state index contributed by atoms with van der Waals surface area (Å²) in [5.74, 6) is -2.12. The molecular formula is C25H22F2N2O2. The lowest BCUT2D eigenvalue weighted by Crippen LogP contribution is -2.62. The van der Waals surface area contributed by atoms with Gasteiger partial charge in [0.15, 0.2) is 0 Å². The van der Waals surface area contributed by atoms with Gasteiger partial charge in [-0.2, -0.15) is 0 Å². The number of hydrogen-bond donors (Lipinski definition) is 1. The van der Waals surface area contributed by atoms with Gasteiger partial charge in [0.25, 0.3) is 5.91 Å². The van der Waals surface area contributed by atoms with Crippen molar-refractivity contribution < 1.29 is 18.4 Å². The average molecular weight is 420 g/mol. The van der Waals surface area contributed by atoms with Crippen molar-refractivity contribution in [2.75, 3.05) is 0 Å². The van der Waals surface area contributed by atoms with E-state index in [1.807, 2.05) is 42.5 Å². The first-order valence-corrected chi connectivity index (χ1v) is 10.0. The third-order valence-electron chi connectivity index (χ3n) is 5.67. The van der Waals surface area contributed by atoms with Crippen LogP contribution in [-0.4, -0.2) is 22.3 Å². The molecule has 0 spiro atoms. The molecule has 0 aromatic heterocycles. The van der Waals surface area contributed by atoms with E-state index in [4.69, 9.17) is 0 Å². The Bertz CT molecular complexity index is 1110. The van der Waals surface area contributed by atoms with E-state index in [-0.39, 0.29) is 23.9 Å². The minimum atomic E-state index is -1.22. The number of carbonyl (C=O) groups excluding carboxylic acids is 2. The molecule has 0 radical (unpaired) electrons. The highest BCUT2D eigenvalue weighted by Crippen LogP contribution is 2.33. The van der Waals surface area contributed by atoms with E-state index in [1.165, 1.54) is 17.0 Å². The molecule has 0 aliphatic carbocycles. The van der Waals surface area contributed by atoms with Crippen LogP contribution < -0.4 is 5.32 Å². The molecule has 1 heterocycles. The monoisotopic (exact) mass is 420 g/mol. The predicted octanol–water partition coefficient (Wildman–Crippen LogP) is 4.24. The molecule has 0 unspecified atom stereocenters. The number of fused-ring (bicyclic) bond motifs is 1. The van der Waals surface area contributed by atoms with Gasteiger partial charge in [-0.3, -0.25) is 9.59 Å². The molecule has 4 nitrogen and oxygen atoms in total. The van der Waals surface area contributed by atoms with E-state index >= 15 is 0 Å². The summed E-state index contributed by atoms with van der Waals surface area (Å²) in [5, 5.41) is 2.92. The van der Waals surface area contributed by atoms with Gasteiger partial charge in [0.1, 0.15) is 17.2 Å². The molecule has 0 saturated heterocycles. The quantitative estimate of drug-likeness (QED) is 0.671. The van der Waals surface area contributed by atoms with Crippen molar-refractivity contribution in [1.29, 1.82) is 0 Å². The van der Waals surface area contributed by atoms with Gasteiger partial charge in [0.05, 0.1) is 0 Å². The van der Waals surface area contributed by atoms with Gasteiger partial charge in [-0.15, -0.1) is 0 Å². The zero-order chi connectivity index (χ0) is 22.0. The third-order valence-corrected chi connectivity index (χ3v) is 5.67. The van der Waals surface area contributed by atoms with Crippen LogP contribution in [0.1, 0.15) is 34.0 Å². The Kier molecular flexibility index (Phi) is 5.55. The Labute approximate surface area is 179 Å². The molecule has 1 aliphatic rings. The van der Waals surface area contributed by atoms with E-state index in [1.54, 1.807) is 19.1 Å². The second-order valence-corrected chi connectivity index (χ2v) is 7.95. The number of hydrogen-bond acceptors (Lipinski definition) is 2. The molecule has 1 atom stereocenters. The SMILES string of the molecule is C[C@@]1(C(=O)NCc2ccccc2)Cc2ccccc2C(=O)N1Cc1cc(F)cc(F)c1. The van der Waals surface area contributed by atoms with Gasteiger partial charge >= 0.3 is 0 Å². The van der Waals surface area contributed by atoms with E-state index in [0.29, 0.717) is 18.5 Å². The first-order valence-electron chi connectivity index (χ1n) is 10.0. The summed E-state index contributed by atoms with van der Waals surface area (Å²) in [5.41, 5.74) is 1.26.